The number of nitrogens with one attached hydrogen (secondary N) is 1. The van der Waals surface area contributed by atoms with Crippen molar-refractivity contribution in [3.63, 3.8) is 0 Å². The zero-order chi connectivity index (χ0) is 14.5. The maximum atomic E-state index is 6.29. The highest BCUT2D eigenvalue weighted by atomic mass is 16.5. The zero-order valence-corrected chi connectivity index (χ0v) is 13.1. The second-order valence-corrected chi connectivity index (χ2v) is 6.24. The minimum atomic E-state index is 0.272. The van der Waals surface area contributed by atoms with Gasteiger partial charge in [-0.1, -0.05) is 25.1 Å². The number of hydrogen-bond donors (Lipinski definition) is 1. The number of allylic oxidation sites excluding steroid dienone is 1. The first-order valence-electron chi connectivity index (χ1n) is 8.57. The summed E-state index contributed by atoms with van der Waals surface area (Å²) in [5.41, 5.74) is 2.91. The van der Waals surface area contributed by atoms with Crippen LogP contribution in [-0.2, 0) is 6.42 Å². The van der Waals surface area contributed by atoms with Crippen molar-refractivity contribution in [3.05, 3.63) is 41.5 Å². The Morgan fingerprint density at radius 2 is 2.19 bits per heavy atom. The van der Waals surface area contributed by atoms with Gasteiger partial charge in [0.15, 0.2) is 0 Å². The SMILES string of the molecule is CCCNC1CCCc2c(OC3C=CCCC3)cccc21. The van der Waals surface area contributed by atoms with E-state index in [2.05, 4.69) is 42.6 Å². The van der Waals surface area contributed by atoms with Crippen molar-refractivity contribution in [3.8, 4) is 5.75 Å². The molecule has 0 bridgehead atoms. The lowest BCUT2D eigenvalue weighted by Gasteiger charge is -2.29. The highest BCUT2D eigenvalue weighted by Gasteiger charge is 2.23. The molecule has 3 rings (SSSR count). The molecule has 0 aromatic heterocycles. The van der Waals surface area contributed by atoms with Crippen molar-refractivity contribution in [2.75, 3.05) is 6.54 Å². The molecule has 0 spiro atoms. The molecule has 2 aliphatic rings. The average molecular weight is 285 g/mol. The minimum absolute atomic E-state index is 0.272. The molecule has 2 unspecified atom stereocenters. The van der Waals surface area contributed by atoms with Gasteiger partial charge in [-0.3, -0.25) is 0 Å². The Labute approximate surface area is 128 Å². The van der Waals surface area contributed by atoms with E-state index in [9.17, 15) is 0 Å². The van der Waals surface area contributed by atoms with Crippen LogP contribution in [0.2, 0.25) is 0 Å². The van der Waals surface area contributed by atoms with Crippen molar-refractivity contribution >= 4 is 0 Å². The molecule has 0 saturated heterocycles. The maximum Gasteiger partial charge on any atom is 0.123 e. The molecule has 2 aliphatic carbocycles. The van der Waals surface area contributed by atoms with Gasteiger partial charge in [0.2, 0.25) is 0 Å². The predicted octanol–water partition coefficient (Wildman–Crippen LogP) is 4.55. The molecule has 0 saturated carbocycles. The highest BCUT2D eigenvalue weighted by Crippen LogP contribution is 2.36. The van der Waals surface area contributed by atoms with Crippen LogP contribution in [0.25, 0.3) is 0 Å². The number of benzene rings is 1. The molecule has 0 radical (unpaired) electrons. The zero-order valence-electron chi connectivity index (χ0n) is 13.1. The van der Waals surface area contributed by atoms with Crippen molar-refractivity contribution in [2.24, 2.45) is 0 Å². The Kier molecular flexibility index (Phi) is 4.97. The summed E-state index contributed by atoms with van der Waals surface area (Å²) in [6.45, 7) is 3.33. The molecule has 1 aromatic carbocycles. The van der Waals surface area contributed by atoms with E-state index in [4.69, 9.17) is 4.74 Å². The van der Waals surface area contributed by atoms with Crippen molar-refractivity contribution in [1.29, 1.82) is 0 Å². The van der Waals surface area contributed by atoms with Crippen LogP contribution in [0.15, 0.2) is 30.4 Å². The molecule has 0 fully saturated rings. The minimum Gasteiger partial charge on any atom is -0.486 e. The molecule has 21 heavy (non-hydrogen) atoms. The molecular weight excluding hydrogens is 258 g/mol. The Morgan fingerprint density at radius 3 is 3.00 bits per heavy atom. The van der Waals surface area contributed by atoms with E-state index in [1.165, 1.54) is 43.2 Å². The largest absolute Gasteiger partial charge is 0.486 e. The molecule has 0 amide bonds. The van der Waals surface area contributed by atoms with Crippen LogP contribution in [0, 0.1) is 0 Å². The summed E-state index contributed by atoms with van der Waals surface area (Å²) >= 11 is 0. The van der Waals surface area contributed by atoms with Crippen LogP contribution >= 0.6 is 0 Å². The summed E-state index contributed by atoms with van der Waals surface area (Å²) in [5.74, 6) is 1.12. The lowest BCUT2D eigenvalue weighted by atomic mass is 9.87. The Hall–Kier alpha value is -1.28. The molecule has 0 heterocycles. The number of rotatable bonds is 5. The van der Waals surface area contributed by atoms with Crippen LogP contribution in [0.5, 0.6) is 5.75 Å². The molecule has 2 nitrogen and oxygen atoms in total. The van der Waals surface area contributed by atoms with E-state index >= 15 is 0 Å². The summed E-state index contributed by atoms with van der Waals surface area (Å²) in [4.78, 5) is 0. The smallest absolute Gasteiger partial charge is 0.123 e. The van der Waals surface area contributed by atoms with E-state index in [0.717, 1.165) is 25.1 Å². The van der Waals surface area contributed by atoms with Gasteiger partial charge in [-0.05, 0) is 74.8 Å². The lowest BCUT2D eigenvalue weighted by Crippen LogP contribution is -2.26. The average Bonchev–Trinajstić information content (AvgIpc) is 2.54. The lowest BCUT2D eigenvalue weighted by molar-refractivity contribution is 0.226. The molecule has 0 aliphatic heterocycles. The van der Waals surface area contributed by atoms with Gasteiger partial charge in [0.1, 0.15) is 11.9 Å². The van der Waals surface area contributed by atoms with E-state index in [-0.39, 0.29) is 6.10 Å². The summed E-state index contributed by atoms with van der Waals surface area (Å²) in [7, 11) is 0. The number of fused-ring (bicyclic) bond motifs is 1. The van der Waals surface area contributed by atoms with Gasteiger partial charge in [0.25, 0.3) is 0 Å². The van der Waals surface area contributed by atoms with Gasteiger partial charge in [-0.25, -0.2) is 0 Å². The summed E-state index contributed by atoms with van der Waals surface area (Å²) in [6.07, 6.45) is 13.2. The van der Waals surface area contributed by atoms with Crippen molar-refractivity contribution < 1.29 is 4.74 Å². The molecule has 114 valence electrons. The topological polar surface area (TPSA) is 21.3 Å². The van der Waals surface area contributed by atoms with Crippen LogP contribution in [-0.4, -0.2) is 12.6 Å². The van der Waals surface area contributed by atoms with Gasteiger partial charge >= 0.3 is 0 Å². The summed E-state index contributed by atoms with van der Waals surface area (Å²) < 4.78 is 6.29. The fourth-order valence-electron chi connectivity index (χ4n) is 3.50. The Bertz CT molecular complexity index is 494. The standard InChI is InChI=1S/C19H27NO/c1-2-14-20-18-12-6-11-17-16(18)10-7-13-19(17)21-15-8-4-3-5-9-15/h4,7-8,10,13,15,18,20H,2-3,5-6,9,11-12,14H2,1H3. The second kappa shape index (κ2) is 7.13. The fourth-order valence-corrected chi connectivity index (χ4v) is 3.50. The first-order valence-corrected chi connectivity index (χ1v) is 8.57. The number of hydrogen-bond acceptors (Lipinski definition) is 2. The maximum absolute atomic E-state index is 6.29. The Morgan fingerprint density at radius 1 is 1.24 bits per heavy atom. The van der Waals surface area contributed by atoms with E-state index in [1.807, 2.05) is 0 Å². The van der Waals surface area contributed by atoms with Gasteiger partial charge in [0, 0.05) is 6.04 Å². The summed E-state index contributed by atoms with van der Waals surface area (Å²) in [6, 6.07) is 7.11. The normalized spacial score (nSPS) is 24.6. The first-order chi connectivity index (χ1) is 10.4. The van der Waals surface area contributed by atoms with E-state index in [0.29, 0.717) is 6.04 Å². The van der Waals surface area contributed by atoms with E-state index in [1.54, 1.807) is 0 Å². The second-order valence-electron chi connectivity index (χ2n) is 6.24. The van der Waals surface area contributed by atoms with Gasteiger partial charge in [-0.15, -0.1) is 0 Å². The number of ether oxygens (including phenoxy) is 1. The monoisotopic (exact) mass is 285 g/mol. The third kappa shape index (κ3) is 3.49. The third-order valence-electron chi connectivity index (χ3n) is 4.59. The van der Waals surface area contributed by atoms with Crippen LogP contribution in [0.4, 0.5) is 0 Å². The van der Waals surface area contributed by atoms with E-state index < -0.39 is 0 Å². The predicted molar refractivity (Wildman–Crippen MR) is 87.8 cm³/mol. The highest BCUT2D eigenvalue weighted by molar-refractivity contribution is 5.43. The van der Waals surface area contributed by atoms with Crippen LogP contribution in [0.3, 0.4) is 0 Å². The molecule has 2 heteroatoms. The van der Waals surface area contributed by atoms with Crippen molar-refractivity contribution in [2.45, 2.75) is 64.0 Å². The van der Waals surface area contributed by atoms with Gasteiger partial charge in [-0.2, -0.15) is 0 Å². The Balaban J connectivity index is 1.79. The third-order valence-corrected chi connectivity index (χ3v) is 4.59. The summed E-state index contributed by atoms with van der Waals surface area (Å²) in [5, 5.41) is 3.69. The van der Waals surface area contributed by atoms with Gasteiger partial charge < -0.3 is 10.1 Å². The first kappa shape index (κ1) is 14.6. The van der Waals surface area contributed by atoms with Crippen LogP contribution < -0.4 is 10.1 Å². The molecule has 1 aromatic rings. The molecule has 1 N–H and O–H groups in total. The quantitative estimate of drug-likeness (QED) is 0.801. The molecular formula is C19H27NO. The van der Waals surface area contributed by atoms with Crippen molar-refractivity contribution in [1.82, 2.24) is 5.32 Å². The molecule has 2 atom stereocenters. The van der Waals surface area contributed by atoms with Crippen LogP contribution in [0.1, 0.15) is 62.6 Å². The van der Waals surface area contributed by atoms with Gasteiger partial charge in [0.05, 0.1) is 0 Å². The fraction of sp³-hybridized carbons (Fsp3) is 0.579.